The summed E-state index contributed by atoms with van der Waals surface area (Å²) in [6, 6.07) is 6.94. The molecule has 0 saturated heterocycles. The summed E-state index contributed by atoms with van der Waals surface area (Å²) >= 11 is 5.77. The van der Waals surface area contributed by atoms with E-state index in [0.29, 0.717) is 5.02 Å². The van der Waals surface area contributed by atoms with Crippen molar-refractivity contribution in [2.45, 2.75) is 6.42 Å². The van der Waals surface area contributed by atoms with Crippen molar-refractivity contribution in [3.8, 4) is 0 Å². The lowest BCUT2D eigenvalue weighted by atomic mass is 10.1. The van der Waals surface area contributed by atoms with Crippen molar-refractivity contribution in [2.75, 3.05) is 7.11 Å². The molecule has 2 aromatic rings. The summed E-state index contributed by atoms with van der Waals surface area (Å²) in [6.07, 6.45) is 1.39. The summed E-state index contributed by atoms with van der Waals surface area (Å²) in [5, 5.41) is 0.599. The third-order valence-electron chi connectivity index (χ3n) is 2.53. The molecule has 0 unspecified atom stereocenters. The summed E-state index contributed by atoms with van der Waals surface area (Å²) in [7, 11) is 1.17. The Morgan fingerprint density at radius 3 is 2.63 bits per heavy atom. The fourth-order valence-electron chi connectivity index (χ4n) is 1.56. The molecule has 0 fully saturated rings. The van der Waals surface area contributed by atoms with Gasteiger partial charge in [0.1, 0.15) is 6.33 Å². The molecular weight excluding hydrogens is 271 g/mol. The van der Waals surface area contributed by atoms with Gasteiger partial charge in [0.15, 0.2) is 11.5 Å². The Morgan fingerprint density at radius 2 is 2.00 bits per heavy atom. The molecule has 98 valence electrons. The van der Waals surface area contributed by atoms with Gasteiger partial charge in [0.2, 0.25) is 0 Å². The molecule has 4 nitrogen and oxygen atoms in total. The highest BCUT2D eigenvalue weighted by molar-refractivity contribution is 6.30. The van der Waals surface area contributed by atoms with Crippen LogP contribution in [-0.2, 0) is 11.2 Å². The van der Waals surface area contributed by atoms with Crippen molar-refractivity contribution < 1.29 is 13.9 Å². The summed E-state index contributed by atoms with van der Waals surface area (Å²) in [6.45, 7) is 0. The van der Waals surface area contributed by atoms with E-state index >= 15 is 0 Å². The van der Waals surface area contributed by atoms with E-state index in [1.165, 1.54) is 7.11 Å². The van der Waals surface area contributed by atoms with Gasteiger partial charge in [-0.15, -0.1) is 0 Å². The Bertz CT molecular complexity index is 602. The number of benzene rings is 1. The highest BCUT2D eigenvalue weighted by Crippen LogP contribution is 2.16. The number of carbonyl (C=O) groups excluding carboxylic acids is 1. The van der Waals surface area contributed by atoms with Crippen LogP contribution >= 0.6 is 11.6 Å². The first kappa shape index (κ1) is 13.4. The lowest BCUT2D eigenvalue weighted by molar-refractivity contribution is 0.0587. The number of rotatable bonds is 3. The molecule has 1 heterocycles. The van der Waals surface area contributed by atoms with E-state index in [4.69, 9.17) is 11.6 Å². The molecule has 0 N–H and O–H groups in total. The quantitative estimate of drug-likeness (QED) is 0.811. The molecule has 0 aliphatic heterocycles. The number of aromatic nitrogens is 2. The minimum absolute atomic E-state index is 0.137. The third kappa shape index (κ3) is 3.06. The molecule has 0 radical (unpaired) electrons. The van der Waals surface area contributed by atoms with E-state index in [9.17, 15) is 9.18 Å². The van der Waals surface area contributed by atoms with Crippen molar-refractivity contribution in [1.82, 2.24) is 9.97 Å². The first-order chi connectivity index (χ1) is 9.11. The minimum atomic E-state index is -0.822. The smallest absolute Gasteiger partial charge is 0.359 e. The molecule has 0 amide bonds. The van der Waals surface area contributed by atoms with Crippen LogP contribution in [0.25, 0.3) is 0 Å². The summed E-state index contributed by atoms with van der Waals surface area (Å²) in [5.41, 5.74) is 0.608. The highest BCUT2D eigenvalue weighted by atomic mass is 35.5. The number of halogens is 2. The minimum Gasteiger partial charge on any atom is -0.464 e. The molecular formula is C13H10ClFN2O2. The number of esters is 1. The van der Waals surface area contributed by atoms with Crippen molar-refractivity contribution in [1.29, 1.82) is 0 Å². The SMILES string of the molecule is COC(=O)c1ncnc(Cc2ccc(Cl)cc2)c1F. The molecule has 6 heteroatoms. The monoisotopic (exact) mass is 280 g/mol. The molecule has 1 aromatic heterocycles. The van der Waals surface area contributed by atoms with Crippen LogP contribution in [0.15, 0.2) is 30.6 Å². The Balaban J connectivity index is 2.30. The van der Waals surface area contributed by atoms with Crippen LogP contribution in [0.3, 0.4) is 0 Å². The number of hydrogen-bond donors (Lipinski definition) is 0. The molecule has 0 aliphatic carbocycles. The van der Waals surface area contributed by atoms with Crippen LogP contribution in [0.2, 0.25) is 5.02 Å². The average Bonchev–Trinajstić information content (AvgIpc) is 2.43. The first-order valence-electron chi connectivity index (χ1n) is 5.44. The fraction of sp³-hybridized carbons (Fsp3) is 0.154. The topological polar surface area (TPSA) is 52.1 Å². The van der Waals surface area contributed by atoms with Gasteiger partial charge in [0, 0.05) is 11.4 Å². The van der Waals surface area contributed by atoms with Gasteiger partial charge in [-0.2, -0.15) is 0 Å². The Hall–Kier alpha value is -2.01. The van der Waals surface area contributed by atoms with Crippen LogP contribution in [0.5, 0.6) is 0 Å². The maximum Gasteiger partial charge on any atom is 0.359 e. The standard InChI is InChI=1S/C13H10ClFN2O2/c1-19-13(18)12-11(15)10(16-7-17-12)6-8-2-4-9(14)5-3-8/h2-5,7H,6H2,1H3. The molecule has 0 atom stereocenters. The van der Waals surface area contributed by atoms with Crippen molar-refractivity contribution in [2.24, 2.45) is 0 Å². The lowest BCUT2D eigenvalue weighted by Gasteiger charge is -2.05. The zero-order valence-electron chi connectivity index (χ0n) is 10.1. The van der Waals surface area contributed by atoms with Crippen LogP contribution in [0.1, 0.15) is 21.7 Å². The van der Waals surface area contributed by atoms with E-state index in [1.54, 1.807) is 24.3 Å². The maximum absolute atomic E-state index is 14.0. The van der Waals surface area contributed by atoms with Gasteiger partial charge >= 0.3 is 5.97 Å². The predicted molar refractivity (Wildman–Crippen MR) is 67.6 cm³/mol. The van der Waals surface area contributed by atoms with Crippen LogP contribution in [0, 0.1) is 5.82 Å². The number of ether oxygens (including phenoxy) is 1. The second-order valence-corrected chi connectivity index (χ2v) is 4.21. The van der Waals surface area contributed by atoms with Crippen LogP contribution < -0.4 is 0 Å². The van der Waals surface area contributed by atoms with E-state index in [0.717, 1.165) is 11.9 Å². The highest BCUT2D eigenvalue weighted by Gasteiger charge is 2.18. The number of methoxy groups -OCH3 is 1. The predicted octanol–water partition coefficient (Wildman–Crippen LogP) is 2.65. The number of nitrogens with zero attached hydrogens (tertiary/aromatic N) is 2. The molecule has 0 saturated carbocycles. The average molecular weight is 281 g/mol. The molecule has 19 heavy (non-hydrogen) atoms. The van der Waals surface area contributed by atoms with Crippen molar-refractivity contribution in [3.63, 3.8) is 0 Å². The Kier molecular flexibility index (Phi) is 4.06. The largest absolute Gasteiger partial charge is 0.464 e. The zero-order chi connectivity index (χ0) is 13.8. The molecule has 1 aromatic carbocycles. The van der Waals surface area contributed by atoms with Gasteiger partial charge in [0.25, 0.3) is 0 Å². The molecule has 0 spiro atoms. The zero-order valence-corrected chi connectivity index (χ0v) is 10.8. The maximum atomic E-state index is 14.0. The van der Waals surface area contributed by atoms with Gasteiger partial charge in [-0.1, -0.05) is 23.7 Å². The Morgan fingerprint density at radius 1 is 1.32 bits per heavy atom. The normalized spacial score (nSPS) is 10.3. The van der Waals surface area contributed by atoms with Crippen molar-refractivity contribution in [3.05, 3.63) is 58.4 Å². The summed E-state index contributed by atoms with van der Waals surface area (Å²) < 4.78 is 18.5. The van der Waals surface area contributed by atoms with Gasteiger partial charge in [-0.25, -0.2) is 19.2 Å². The van der Waals surface area contributed by atoms with E-state index < -0.39 is 11.8 Å². The van der Waals surface area contributed by atoms with Gasteiger partial charge in [-0.3, -0.25) is 0 Å². The van der Waals surface area contributed by atoms with E-state index in [2.05, 4.69) is 14.7 Å². The van der Waals surface area contributed by atoms with Gasteiger partial charge in [0.05, 0.1) is 12.8 Å². The molecule has 0 aliphatic rings. The molecule has 2 rings (SSSR count). The number of carbonyl (C=O) groups is 1. The third-order valence-corrected chi connectivity index (χ3v) is 2.78. The second kappa shape index (κ2) is 5.75. The van der Waals surface area contributed by atoms with E-state index in [-0.39, 0.29) is 17.8 Å². The summed E-state index contributed by atoms with van der Waals surface area (Å²) in [4.78, 5) is 18.7. The first-order valence-corrected chi connectivity index (χ1v) is 5.81. The van der Waals surface area contributed by atoms with Gasteiger partial charge < -0.3 is 4.74 Å². The lowest BCUT2D eigenvalue weighted by Crippen LogP contribution is -2.11. The fourth-order valence-corrected chi connectivity index (χ4v) is 1.69. The van der Waals surface area contributed by atoms with E-state index in [1.807, 2.05) is 0 Å². The van der Waals surface area contributed by atoms with Crippen molar-refractivity contribution >= 4 is 17.6 Å². The number of hydrogen-bond acceptors (Lipinski definition) is 4. The van der Waals surface area contributed by atoms with Crippen LogP contribution in [-0.4, -0.2) is 23.0 Å². The summed E-state index contributed by atoms with van der Waals surface area (Å²) in [5.74, 6) is -1.58. The molecule has 0 bridgehead atoms. The second-order valence-electron chi connectivity index (χ2n) is 3.78. The van der Waals surface area contributed by atoms with Gasteiger partial charge in [-0.05, 0) is 17.7 Å². The van der Waals surface area contributed by atoms with Crippen LogP contribution in [0.4, 0.5) is 4.39 Å². The Labute approximate surface area is 114 Å².